The normalized spacial score (nSPS) is 16.6. The number of aryl methyl sites for hydroxylation is 2. The fourth-order valence-corrected chi connectivity index (χ4v) is 3.27. The Bertz CT molecular complexity index is 715. The van der Waals surface area contributed by atoms with Crippen molar-refractivity contribution in [2.75, 3.05) is 26.2 Å². The van der Waals surface area contributed by atoms with Crippen LogP contribution < -0.4 is 11.1 Å². The molecule has 3 rings (SSSR count). The predicted octanol–water partition coefficient (Wildman–Crippen LogP) is 2.05. The molecule has 2 aromatic rings. The highest BCUT2D eigenvalue weighted by Crippen LogP contribution is 2.20. The number of nitrogens with one attached hydrogen (secondary N) is 1. The largest absolute Gasteiger partial charge is 0.444 e. The summed E-state index contributed by atoms with van der Waals surface area (Å²) in [5.41, 5.74) is 8.03. The van der Waals surface area contributed by atoms with Crippen LogP contribution in [0.4, 0.5) is 0 Å². The average Bonchev–Trinajstić information content (AvgIpc) is 2.99. The minimum Gasteiger partial charge on any atom is -0.444 e. The molecule has 0 atom stereocenters. The van der Waals surface area contributed by atoms with E-state index in [0.717, 1.165) is 75.0 Å². The van der Waals surface area contributed by atoms with Crippen molar-refractivity contribution in [1.29, 1.82) is 0 Å². The number of nitrogens with zero attached hydrogens (tertiary/aromatic N) is 4. The van der Waals surface area contributed by atoms with Crippen molar-refractivity contribution in [2.24, 2.45) is 16.6 Å². The summed E-state index contributed by atoms with van der Waals surface area (Å²) in [4.78, 5) is 15.7. The van der Waals surface area contributed by atoms with E-state index in [1.165, 1.54) is 0 Å². The van der Waals surface area contributed by atoms with Crippen LogP contribution in [0, 0.1) is 19.8 Å². The first-order valence-electron chi connectivity index (χ1n) is 9.69. The number of pyridine rings is 1. The van der Waals surface area contributed by atoms with E-state index >= 15 is 0 Å². The minimum absolute atomic E-state index is 0.527. The molecule has 27 heavy (non-hydrogen) atoms. The highest BCUT2D eigenvalue weighted by Gasteiger charge is 2.20. The van der Waals surface area contributed by atoms with Crippen LogP contribution in [0.25, 0.3) is 0 Å². The lowest BCUT2D eigenvalue weighted by Gasteiger charge is -2.30. The fourth-order valence-electron chi connectivity index (χ4n) is 3.27. The SMILES string of the molecule is Cc1nc(CN2CCC(CN=C(N)NCCc3ccccn3)CC2)oc1C. The molecule has 1 aliphatic heterocycles. The minimum atomic E-state index is 0.527. The van der Waals surface area contributed by atoms with Crippen LogP contribution >= 0.6 is 0 Å². The van der Waals surface area contributed by atoms with Gasteiger partial charge in [-0.3, -0.25) is 14.9 Å². The summed E-state index contributed by atoms with van der Waals surface area (Å²) < 4.78 is 5.69. The van der Waals surface area contributed by atoms with Crippen molar-refractivity contribution in [1.82, 2.24) is 20.2 Å². The molecule has 0 aromatic carbocycles. The zero-order valence-corrected chi connectivity index (χ0v) is 16.3. The van der Waals surface area contributed by atoms with Crippen molar-refractivity contribution in [3.63, 3.8) is 0 Å². The molecule has 0 aliphatic carbocycles. The van der Waals surface area contributed by atoms with E-state index < -0.39 is 0 Å². The Morgan fingerprint density at radius 2 is 2.15 bits per heavy atom. The Kier molecular flexibility index (Phi) is 6.81. The van der Waals surface area contributed by atoms with Crippen molar-refractivity contribution >= 4 is 5.96 Å². The standard InChI is InChI=1S/C20H30N6O/c1-15-16(2)27-19(25-15)14-26-11-7-17(8-12-26)13-24-20(21)23-10-6-18-5-3-4-9-22-18/h3-5,9,17H,6-8,10-14H2,1-2H3,(H3,21,23,24). The monoisotopic (exact) mass is 370 g/mol. The Morgan fingerprint density at radius 1 is 1.33 bits per heavy atom. The zero-order chi connectivity index (χ0) is 19.1. The lowest BCUT2D eigenvalue weighted by atomic mass is 9.97. The van der Waals surface area contributed by atoms with E-state index in [1.54, 1.807) is 0 Å². The van der Waals surface area contributed by atoms with E-state index in [1.807, 2.05) is 38.2 Å². The molecule has 0 unspecified atom stereocenters. The Hall–Kier alpha value is -2.41. The van der Waals surface area contributed by atoms with Crippen molar-refractivity contribution in [3.05, 3.63) is 47.4 Å². The maximum Gasteiger partial charge on any atom is 0.208 e. The lowest BCUT2D eigenvalue weighted by molar-refractivity contribution is 0.166. The number of aliphatic imine (C=N–C) groups is 1. The van der Waals surface area contributed by atoms with Gasteiger partial charge in [-0.25, -0.2) is 4.98 Å². The Balaban J connectivity index is 1.34. The van der Waals surface area contributed by atoms with Gasteiger partial charge in [0.2, 0.25) is 5.89 Å². The summed E-state index contributed by atoms with van der Waals surface area (Å²) in [7, 11) is 0. The summed E-state index contributed by atoms with van der Waals surface area (Å²) in [5, 5.41) is 3.18. The van der Waals surface area contributed by atoms with E-state index in [0.29, 0.717) is 11.9 Å². The molecule has 146 valence electrons. The maximum absolute atomic E-state index is 5.99. The zero-order valence-electron chi connectivity index (χ0n) is 16.3. The summed E-state index contributed by atoms with van der Waals surface area (Å²) in [6.45, 7) is 8.38. The molecule has 3 N–H and O–H groups in total. The van der Waals surface area contributed by atoms with Gasteiger partial charge in [-0.05, 0) is 57.8 Å². The van der Waals surface area contributed by atoms with Gasteiger partial charge in [-0.1, -0.05) is 6.07 Å². The van der Waals surface area contributed by atoms with Gasteiger partial charge in [0, 0.05) is 31.4 Å². The van der Waals surface area contributed by atoms with E-state index in [4.69, 9.17) is 10.2 Å². The smallest absolute Gasteiger partial charge is 0.208 e. The van der Waals surface area contributed by atoms with Crippen molar-refractivity contribution < 1.29 is 4.42 Å². The quantitative estimate of drug-likeness (QED) is 0.572. The van der Waals surface area contributed by atoms with Gasteiger partial charge in [0.1, 0.15) is 5.76 Å². The van der Waals surface area contributed by atoms with Crippen LogP contribution in [-0.4, -0.2) is 47.0 Å². The predicted molar refractivity (Wildman–Crippen MR) is 106 cm³/mol. The third kappa shape index (κ3) is 6.06. The van der Waals surface area contributed by atoms with Crippen molar-refractivity contribution in [3.8, 4) is 0 Å². The van der Waals surface area contributed by atoms with Crippen LogP contribution in [0.2, 0.25) is 0 Å². The Labute approximate surface area is 161 Å². The molecule has 3 heterocycles. The van der Waals surface area contributed by atoms with Gasteiger partial charge in [-0.15, -0.1) is 0 Å². The first-order valence-corrected chi connectivity index (χ1v) is 9.69. The molecular formula is C20H30N6O. The average molecular weight is 371 g/mol. The van der Waals surface area contributed by atoms with Crippen LogP contribution in [0.1, 0.15) is 35.9 Å². The number of piperidine rings is 1. The van der Waals surface area contributed by atoms with E-state index in [2.05, 4.69) is 25.2 Å². The van der Waals surface area contributed by atoms with Crippen LogP contribution in [0.5, 0.6) is 0 Å². The third-order valence-corrected chi connectivity index (χ3v) is 5.07. The number of likely N-dealkylation sites (tertiary alicyclic amines) is 1. The van der Waals surface area contributed by atoms with Gasteiger partial charge < -0.3 is 15.5 Å². The number of guanidine groups is 1. The molecule has 1 saturated heterocycles. The number of aromatic nitrogens is 2. The second-order valence-electron chi connectivity index (χ2n) is 7.19. The molecule has 7 heteroatoms. The molecule has 0 radical (unpaired) electrons. The number of oxazole rings is 1. The molecule has 0 amide bonds. The first kappa shape index (κ1) is 19.4. The van der Waals surface area contributed by atoms with Crippen molar-refractivity contribution in [2.45, 2.75) is 39.7 Å². The number of nitrogens with two attached hydrogens (primary N) is 1. The maximum atomic E-state index is 5.99. The van der Waals surface area contributed by atoms with Gasteiger partial charge in [0.15, 0.2) is 5.96 Å². The van der Waals surface area contributed by atoms with E-state index in [9.17, 15) is 0 Å². The molecule has 1 aliphatic rings. The second kappa shape index (κ2) is 9.50. The molecule has 0 bridgehead atoms. The molecule has 2 aromatic heterocycles. The second-order valence-corrected chi connectivity index (χ2v) is 7.19. The summed E-state index contributed by atoms with van der Waals surface area (Å²) in [5.74, 6) is 2.85. The van der Waals surface area contributed by atoms with Crippen LogP contribution in [0.15, 0.2) is 33.8 Å². The van der Waals surface area contributed by atoms with E-state index in [-0.39, 0.29) is 0 Å². The van der Waals surface area contributed by atoms with Crippen LogP contribution in [-0.2, 0) is 13.0 Å². The number of hydrogen-bond donors (Lipinski definition) is 2. The third-order valence-electron chi connectivity index (χ3n) is 5.07. The number of rotatable bonds is 7. The summed E-state index contributed by atoms with van der Waals surface area (Å²) >= 11 is 0. The molecule has 0 saturated carbocycles. The lowest BCUT2D eigenvalue weighted by Crippen LogP contribution is -2.36. The number of hydrogen-bond acceptors (Lipinski definition) is 5. The summed E-state index contributed by atoms with van der Waals surface area (Å²) in [6, 6.07) is 5.94. The molecular weight excluding hydrogens is 340 g/mol. The Morgan fingerprint density at radius 3 is 2.81 bits per heavy atom. The highest BCUT2D eigenvalue weighted by atomic mass is 16.4. The van der Waals surface area contributed by atoms with Crippen LogP contribution in [0.3, 0.4) is 0 Å². The summed E-state index contributed by atoms with van der Waals surface area (Å²) in [6.07, 6.45) is 4.91. The van der Waals surface area contributed by atoms with Gasteiger partial charge in [0.05, 0.1) is 12.2 Å². The molecule has 7 nitrogen and oxygen atoms in total. The molecule has 1 fully saturated rings. The first-order chi connectivity index (χ1) is 13.1. The fraction of sp³-hybridized carbons (Fsp3) is 0.550. The van der Waals surface area contributed by atoms with Gasteiger partial charge in [-0.2, -0.15) is 0 Å². The highest BCUT2D eigenvalue weighted by molar-refractivity contribution is 5.77. The topological polar surface area (TPSA) is 92.6 Å². The van der Waals surface area contributed by atoms with Gasteiger partial charge in [0.25, 0.3) is 0 Å². The molecule has 0 spiro atoms. The van der Waals surface area contributed by atoms with Gasteiger partial charge >= 0.3 is 0 Å².